The van der Waals surface area contributed by atoms with Crippen molar-refractivity contribution in [1.29, 1.82) is 5.26 Å². The van der Waals surface area contributed by atoms with Crippen LogP contribution in [0, 0.1) is 18.3 Å². The number of pyridine rings is 1. The molecule has 1 amide bonds. The van der Waals surface area contributed by atoms with Gasteiger partial charge in [-0.1, -0.05) is 6.07 Å². The van der Waals surface area contributed by atoms with Crippen LogP contribution in [0.1, 0.15) is 21.5 Å². The molecule has 0 aliphatic rings. The Bertz CT molecular complexity index is 673. The largest absolute Gasteiger partial charge is 0.397 e. The minimum atomic E-state index is -0.308. The van der Waals surface area contributed by atoms with Crippen LogP contribution in [-0.2, 0) is 0 Å². The number of nitrogens with two attached hydrogens (primary N) is 1. The van der Waals surface area contributed by atoms with Crippen molar-refractivity contribution in [3.05, 3.63) is 53.2 Å². The number of carbonyl (C=O) groups is 1. The molecule has 1 heterocycles. The summed E-state index contributed by atoms with van der Waals surface area (Å²) in [6, 6.07) is 10.2. The lowest BCUT2D eigenvalue weighted by molar-refractivity contribution is 0.102. The predicted molar refractivity (Wildman–Crippen MR) is 72.5 cm³/mol. The van der Waals surface area contributed by atoms with Crippen LogP contribution in [-0.4, -0.2) is 10.9 Å². The summed E-state index contributed by atoms with van der Waals surface area (Å²) >= 11 is 0. The maximum absolute atomic E-state index is 12.0. The Morgan fingerprint density at radius 3 is 2.89 bits per heavy atom. The van der Waals surface area contributed by atoms with E-state index in [2.05, 4.69) is 10.3 Å². The molecule has 1 aromatic heterocycles. The van der Waals surface area contributed by atoms with E-state index in [1.807, 2.05) is 13.0 Å². The van der Waals surface area contributed by atoms with E-state index in [9.17, 15) is 4.79 Å². The summed E-state index contributed by atoms with van der Waals surface area (Å²) in [6.07, 6.45) is 1.48. The highest BCUT2D eigenvalue weighted by atomic mass is 16.1. The summed E-state index contributed by atoms with van der Waals surface area (Å²) in [6.45, 7) is 1.81. The van der Waals surface area contributed by atoms with Gasteiger partial charge in [-0.2, -0.15) is 5.26 Å². The molecule has 2 rings (SSSR count). The van der Waals surface area contributed by atoms with Gasteiger partial charge in [-0.05, 0) is 36.8 Å². The Hall–Kier alpha value is -2.87. The number of amides is 1. The highest BCUT2D eigenvalue weighted by Crippen LogP contribution is 2.15. The molecule has 0 atom stereocenters. The number of aryl methyl sites for hydroxylation is 1. The van der Waals surface area contributed by atoms with Gasteiger partial charge in [0.2, 0.25) is 0 Å². The number of nitriles is 1. The number of hydrogen-bond donors (Lipinski definition) is 2. The van der Waals surface area contributed by atoms with Gasteiger partial charge in [0.15, 0.2) is 0 Å². The molecule has 0 fully saturated rings. The van der Waals surface area contributed by atoms with E-state index in [0.717, 1.165) is 5.56 Å². The Kier molecular flexibility index (Phi) is 3.44. The third kappa shape index (κ3) is 2.87. The topological polar surface area (TPSA) is 91.8 Å². The Labute approximate surface area is 110 Å². The van der Waals surface area contributed by atoms with E-state index >= 15 is 0 Å². The van der Waals surface area contributed by atoms with Gasteiger partial charge in [0.25, 0.3) is 5.91 Å². The fraction of sp³-hybridized carbons (Fsp3) is 0.0714. The van der Waals surface area contributed by atoms with E-state index in [-0.39, 0.29) is 5.91 Å². The normalized spacial score (nSPS) is 9.68. The van der Waals surface area contributed by atoms with Gasteiger partial charge in [0.05, 0.1) is 23.5 Å². The predicted octanol–water partition coefficient (Wildman–Crippen LogP) is 2.10. The number of nitrogens with one attached hydrogen (secondary N) is 1. The average molecular weight is 252 g/mol. The summed E-state index contributed by atoms with van der Waals surface area (Å²) in [5, 5.41) is 11.5. The zero-order valence-corrected chi connectivity index (χ0v) is 10.3. The van der Waals surface area contributed by atoms with Crippen LogP contribution in [0.15, 0.2) is 36.5 Å². The van der Waals surface area contributed by atoms with Gasteiger partial charge < -0.3 is 11.1 Å². The van der Waals surface area contributed by atoms with Crippen LogP contribution in [0.4, 0.5) is 11.5 Å². The average Bonchev–Trinajstić information content (AvgIpc) is 2.42. The first-order valence-corrected chi connectivity index (χ1v) is 5.64. The zero-order valence-electron chi connectivity index (χ0n) is 10.3. The second-order valence-electron chi connectivity index (χ2n) is 4.08. The lowest BCUT2D eigenvalue weighted by Crippen LogP contribution is -2.14. The highest BCUT2D eigenvalue weighted by Gasteiger charge is 2.09. The summed E-state index contributed by atoms with van der Waals surface area (Å²) in [5.41, 5.74) is 7.78. The molecule has 0 spiro atoms. The van der Waals surface area contributed by atoms with Crippen LogP contribution >= 0.6 is 0 Å². The summed E-state index contributed by atoms with van der Waals surface area (Å²) in [7, 11) is 0. The van der Waals surface area contributed by atoms with Crippen LogP contribution < -0.4 is 11.1 Å². The quantitative estimate of drug-likeness (QED) is 0.856. The third-order valence-electron chi connectivity index (χ3n) is 2.59. The lowest BCUT2D eigenvalue weighted by atomic mass is 10.1. The minimum absolute atomic E-state index is 0.308. The van der Waals surface area contributed by atoms with Crippen LogP contribution in [0.2, 0.25) is 0 Å². The van der Waals surface area contributed by atoms with Crippen molar-refractivity contribution in [3.63, 3.8) is 0 Å². The second-order valence-corrected chi connectivity index (χ2v) is 4.08. The van der Waals surface area contributed by atoms with Crippen molar-refractivity contribution in [2.45, 2.75) is 6.92 Å². The molecular weight excluding hydrogens is 240 g/mol. The number of rotatable bonds is 2. The fourth-order valence-electron chi connectivity index (χ4n) is 1.64. The molecule has 0 aliphatic heterocycles. The van der Waals surface area contributed by atoms with Crippen LogP contribution in [0.3, 0.4) is 0 Å². The zero-order chi connectivity index (χ0) is 13.8. The van der Waals surface area contributed by atoms with Crippen molar-refractivity contribution >= 4 is 17.4 Å². The standard InChI is InChI=1S/C14H12N4O/c1-9-5-12(16)8-17-13(9)18-14(19)11-4-2-3-10(6-11)7-15/h2-6,8H,16H2,1H3,(H,17,18,19). The van der Waals surface area contributed by atoms with Gasteiger partial charge in [-0.3, -0.25) is 4.79 Å². The van der Waals surface area contributed by atoms with E-state index in [4.69, 9.17) is 11.0 Å². The van der Waals surface area contributed by atoms with Gasteiger partial charge in [0.1, 0.15) is 5.82 Å². The maximum atomic E-state index is 12.0. The monoisotopic (exact) mass is 252 g/mol. The summed E-state index contributed by atoms with van der Waals surface area (Å²) < 4.78 is 0. The number of benzene rings is 1. The van der Waals surface area contributed by atoms with Crippen molar-refractivity contribution in [1.82, 2.24) is 4.98 Å². The van der Waals surface area contributed by atoms with E-state index in [1.54, 1.807) is 24.3 Å². The molecule has 0 bridgehead atoms. The van der Waals surface area contributed by atoms with Gasteiger partial charge in [-0.15, -0.1) is 0 Å². The molecular formula is C14H12N4O. The van der Waals surface area contributed by atoms with E-state index < -0.39 is 0 Å². The Balaban J connectivity index is 2.23. The van der Waals surface area contributed by atoms with E-state index in [0.29, 0.717) is 22.6 Å². The van der Waals surface area contributed by atoms with Crippen LogP contribution in [0.25, 0.3) is 0 Å². The second kappa shape index (κ2) is 5.19. The van der Waals surface area contributed by atoms with Gasteiger partial charge in [-0.25, -0.2) is 4.98 Å². The van der Waals surface area contributed by atoms with Gasteiger partial charge in [0, 0.05) is 5.56 Å². The van der Waals surface area contributed by atoms with Crippen molar-refractivity contribution in [2.24, 2.45) is 0 Å². The smallest absolute Gasteiger partial charge is 0.256 e. The number of carbonyl (C=O) groups excluding carboxylic acids is 1. The molecule has 0 aliphatic carbocycles. The van der Waals surface area contributed by atoms with Crippen molar-refractivity contribution in [3.8, 4) is 6.07 Å². The molecule has 1 aromatic carbocycles. The number of aromatic nitrogens is 1. The molecule has 0 radical (unpaired) electrons. The molecule has 5 nitrogen and oxygen atoms in total. The lowest BCUT2D eigenvalue weighted by Gasteiger charge is -2.08. The van der Waals surface area contributed by atoms with Crippen molar-refractivity contribution in [2.75, 3.05) is 11.1 Å². The Morgan fingerprint density at radius 2 is 2.21 bits per heavy atom. The molecule has 5 heteroatoms. The summed E-state index contributed by atoms with van der Waals surface area (Å²) in [4.78, 5) is 16.1. The molecule has 0 unspecified atom stereocenters. The fourth-order valence-corrected chi connectivity index (χ4v) is 1.64. The number of nitrogen functional groups attached to an aromatic ring is 1. The minimum Gasteiger partial charge on any atom is -0.397 e. The molecule has 19 heavy (non-hydrogen) atoms. The number of nitrogens with zero attached hydrogens (tertiary/aromatic N) is 2. The first-order valence-electron chi connectivity index (χ1n) is 5.64. The maximum Gasteiger partial charge on any atom is 0.256 e. The first-order chi connectivity index (χ1) is 9.10. The summed E-state index contributed by atoms with van der Waals surface area (Å²) in [5.74, 6) is 0.152. The van der Waals surface area contributed by atoms with E-state index in [1.165, 1.54) is 12.3 Å². The first kappa shape index (κ1) is 12.6. The number of anilines is 2. The van der Waals surface area contributed by atoms with Gasteiger partial charge >= 0.3 is 0 Å². The van der Waals surface area contributed by atoms with Crippen molar-refractivity contribution < 1.29 is 4.79 Å². The Morgan fingerprint density at radius 1 is 1.42 bits per heavy atom. The number of hydrogen-bond acceptors (Lipinski definition) is 4. The molecule has 0 saturated carbocycles. The SMILES string of the molecule is Cc1cc(N)cnc1NC(=O)c1cccc(C#N)c1. The molecule has 0 saturated heterocycles. The highest BCUT2D eigenvalue weighted by molar-refractivity contribution is 6.04. The molecule has 3 N–H and O–H groups in total. The molecule has 94 valence electrons. The molecule has 2 aromatic rings. The third-order valence-corrected chi connectivity index (χ3v) is 2.59. The van der Waals surface area contributed by atoms with Crippen LogP contribution in [0.5, 0.6) is 0 Å².